The molecule has 1 aliphatic rings. The molecule has 0 bridgehead atoms. The standard InChI is InChI=1S/C10H22N2/c1-3-10(6-4-7-10)12-8-5-9(2)11/h9,12H,3-8,11H2,1-2H3. The van der Waals surface area contributed by atoms with Crippen LogP contribution in [0.15, 0.2) is 0 Å². The SMILES string of the molecule is CCC1(NCCC(C)N)CCC1. The maximum Gasteiger partial charge on any atom is 0.0178 e. The molecule has 1 unspecified atom stereocenters. The van der Waals surface area contributed by atoms with Crippen molar-refractivity contribution in [3.05, 3.63) is 0 Å². The quantitative estimate of drug-likeness (QED) is 0.658. The first kappa shape index (κ1) is 10.0. The van der Waals surface area contributed by atoms with E-state index in [0.29, 0.717) is 11.6 Å². The number of nitrogens with two attached hydrogens (primary N) is 1. The Hall–Kier alpha value is -0.0800. The first-order valence-electron chi connectivity index (χ1n) is 5.19. The van der Waals surface area contributed by atoms with E-state index in [0.717, 1.165) is 13.0 Å². The molecular weight excluding hydrogens is 148 g/mol. The highest BCUT2D eigenvalue weighted by atomic mass is 15.0. The van der Waals surface area contributed by atoms with Gasteiger partial charge in [-0.25, -0.2) is 0 Å². The van der Waals surface area contributed by atoms with Crippen molar-refractivity contribution >= 4 is 0 Å². The second-order valence-corrected chi connectivity index (χ2v) is 4.18. The van der Waals surface area contributed by atoms with Crippen molar-refractivity contribution in [1.82, 2.24) is 5.32 Å². The Morgan fingerprint density at radius 3 is 2.50 bits per heavy atom. The van der Waals surface area contributed by atoms with Gasteiger partial charge < -0.3 is 11.1 Å². The fourth-order valence-corrected chi connectivity index (χ4v) is 1.82. The van der Waals surface area contributed by atoms with Gasteiger partial charge in [-0.15, -0.1) is 0 Å². The highest BCUT2D eigenvalue weighted by molar-refractivity contribution is 4.94. The summed E-state index contributed by atoms with van der Waals surface area (Å²) in [4.78, 5) is 0. The number of rotatable bonds is 5. The molecule has 1 atom stereocenters. The van der Waals surface area contributed by atoms with Crippen LogP contribution in [0.2, 0.25) is 0 Å². The molecule has 0 aromatic heterocycles. The lowest BCUT2D eigenvalue weighted by Crippen LogP contribution is -2.51. The highest BCUT2D eigenvalue weighted by Crippen LogP contribution is 2.34. The van der Waals surface area contributed by atoms with Crippen LogP contribution in [0.1, 0.15) is 46.0 Å². The van der Waals surface area contributed by atoms with Crippen LogP contribution in [0.25, 0.3) is 0 Å². The summed E-state index contributed by atoms with van der Waals surface area (Å²) in [6.07, 6.45) is 6.50. The van der Waals surface area contributed by atoms with E-state index in [4.69, 9.17) is 5.73 Å². The van der Waals surface area contributed by atoms with E-state index in [1.54, 1.807) is 0 Å². The van der Waals surface area contributed by atoms with E-state index in [2.05, 4.69) is 19.2 Å². The Bertz CT molecular complexity index is 122. The van der Waals surface area contributed by atoms with E-state index in [1.165, 1.54) is 25.7 Å². The van der Waals surface area contributed by atoms with Gasteiger partial charge in [-0.05, 0) is 45.6 Å². The zero-order chi connectivity index (χ0) is 9.03. The minimum atomic E-state index is 0.339. The smallest absolute Gasteiger partial charge is 0.0178 e. The van der Waals surface area contributed by atoms with Crippen molar-refractivity contribution in [3.63, 3.8) is 0 Å². The number of hydrogen-bond acceptors (Lipinski definition) is 2. The van der Waals surface area contributed by atoms with E-state index in [1.807, 2.05) is 0 Å². The molecule has 0 aromatic carbocycles. The van der Waals surface area contributed by atoms with Crippen molar-refractivity contribution in [1.29, 1.82) is 0 Å². The summed E-state index contributed by atoms with van der Waals surface area (Å²) < 4.78 is 0. The highest BCUT2D eigenvalue weighted by Gasteiger charge is 2.33. The predicted molar refractivity (Wildman–Crippen MR) is 53.1 cm³/mol. The molecule has 12 heavy (non-hydrogen) atoms. The molecule has 1 saturated carbocycles. The Balaban J connectivity index is 2.12. The van der Waals surface area contributed by atoms with Gasteiger partial charge in [0.25, 0.3) is 0 Å². The van der Waals surface area contributed by atoms with Crippen molar-refractivity contribution in [2.45, 2.75) is 57.5 Å². The zero-order valence-electron chi connectivity index (χ0n) is 8.40. The average molecular weight is 170 g/mol. The molecular formula is C10H22N2. The third-order valence-corrected chi connectivity index (χ3v) is 3.09. The molecule has 2 heteroatoms. The van der Waals surface area contributed by atoms with Gasteiger partial charge in [0, 0.05) is 11.6 Å². The van der Waals surface area contributed by atoms with Gasteiger partial charge in [0.05, 0.1) is 0 Å². The Labute approximate surface area is 75.9 Å². The van der Waals surface area contributed by atoms with E-state index < -0.39 is 0 Å². The predicted octanol–water partition coefficient (Wildman–Crippen LogP) is 1.65. The molecule has 0 spiro atoms. The topological polar surface area (TPSA) is 38.0 Å². The van der Waals surface area contributed by atoms with Gasteiger partial charge in [0.1, 0.15) is 0 Å². The second kappa shape index (κ2) is 4.24. The lowest BCUT2D eigenvalue weighted by molar-refractivity contribution is 0.176. The fraction of sp³-hybridized carbons (Fsp3) is 1.00. The monoisotopic (exact) mass is 170 g/mol. The van der Waals surface area contributed by atoms with Crippen molar-refractivity contribution < 1.29 is 0 Å². The third-order valence-electron chi connectivity index (χ3n) is 3.09. The van der Waals surface area contributed by atoms with Gasteiger partial charge in [0.15, 0.2) is 0 Å². The summed E-state index contributed by atoms with van der Waals surface area (Å²) in [7, 11) is 0. The first-order chi connectivity index (χ1) is 5.68. The van der Waals surface area contributed by atoms with Crippen LogP contribution in [0.5, 0.6) is 0 Å². The van der Waals surface area contributed by atoms with Gasteiger partial charge >= 0.3 is 0 Å². The van der Waals surface area contributed by atoms with Crippen LogP contribution in [0, 0.1) is 0 Å². The molecule has 2 nitrogen and oxygen atoms in total. The Morgan fingerprint density at radius 2 is 2.17 bits per heavy atom. The first-order valence-corrected chi connectivity index (χ1v) is 5.19. The summed E-state index contributed by atoms with van der Waals surface area (Å²) in [5.74, 6) is 0. The zero-order valence-corrected chi connectivity index (χ0v) is 8.40. The van der Waals surface area contributed by atoms with Gasteiger partial charge in [-0.1, -0.05) is 6.92 Å². The average Bonchev–Trinajstić information content (AvgIpc) is 1.94. The molecule has 0 amide bonds. The van der Waals surface area contributed by atoms with Gasteiger partial charge in [0.2, 0.25) is 0 Å². The summed E-state index contributed by atoms with van der Waals surface area (Å²) in [6, 6.07) is 0.339. The molecule has 72 valence electrons. The van der Waals surface area contributed by atoms with Crippen molar-refractivity contribution in [3.8, 4) is 0 Å². The molecule has 3 N–H and O–H groups in total. The van der Waals surface area contributed by atoms with Crippen molar-refractivity contribution in [2.75, 3.05) is 6.54 Å². The molecule has 0 heterocycles. The summed E-state index contributed by atoms with van der Waals surface area (Å²) in [5.41, 5.74) is 6.18. The van der Waals surface area contributed by atoms with E-state index in [9.17, 15) is 0 Å². The van der Waals surface area contributed by atoms with Crippen LogP contribution in [0.4, 0.5) is 0 Å². The Kier molecular flexibility index (Phi) is 3.53. The summed E-state index contributed by atoms with van der Waals surface area (Å²) in [6.45, 7) is 5.44. The van der Waals surface area contributed by atoms with Crippen LogP contribution in [-0.4, -0.2) is 18.1 Å². The minimum Gasteiger partial charge on any atom is -0.328 e. The lowest BCUT2D eigenvalue weighted by Gasteiger charge is -2.42. The largest absolute Gasteiger partial charge is 0.328 e. The van der Waals surface area contributed by atoms with Gasteiger partial charge in [-0.2, -0.15) is 0 Å². The molecule has 0 aliphatic heterocycles. The van der Waals surface area contributed by atoms with E-state index in [-0.39, 0.29) is 0 Å². The van der Waals surface area contributed by atoms with Crippen LogP contribution in [-0.2, 0) is 0 Å². The molecule has 1 aliphatic carbocycles. The molecule has 0 radical (unpaired) electrons. The Morgan fingerprint density at radius 1 is 1.50 bits per heavy atom. The molecule has 0 aromatic rings. The van der Waals surface area contributed by atoms with Crippen molar-refractivity contribution in [2.24, 2.45) is 5.73 Å². The number of hydrogen-bond donors (Lipinski definition) is 2. The van der Waals surface area contributed by atoms with Gasteiger partial charge in [-0.3, -0.25) is 0 Å². The second-order valence-electron chi connectivity index (χ2n) is 4.18. The maximum atomic E-state index is 5.68. The van der Waals surface area contributed by atoms with Crippen LogP contribution >= 0.6 is 0 Å². The molecule has 1 rings (SSSR count). The van der Waals surface area contributed by atoms with Crippen LogP contribution < -0.4 is 11.1 Å². The fourth-order valence-electron chi connectivity index (χ4n) is 1.82. The minimum absolute atomic E-state index is 0.339. The maximum absolute atomic E-state index is 5.68. The summed E-state index contributed by atoms with van der Waals surface area (Å²) in [5, 5.41) is 3.63. The normalized spacial score (nSPS) is 23.2. The van der Waals surface area contributed by atoms with Crippen LogP contribution in [0.3, 0.4) is 0 Å². The summed E-state index contributed by atoms with van der Waals surface area (Å²) >= 11 is 0. The third kappa shape index (κ3) is 2.46. The van der Waals surface area contributed by atoms with E-state index >= 15 is 0 Å². The number of nitrogens with one attached hydrogen (secondary N) is 1. The lowest BCUT2D eigenvalue weighted by atomic mass is 9.75. The molecule has 1 fully saturated rings. The molecule has 0 saturated heterocycles.